The summed E-state index contributed by atoms with van der Waals surface area (Å²) in [5, 5.41) is 10.5. The van der Waals surface area contributed by atoms with Crippen LogP contribution < -0.4 is 4.74 Å². The van der Waals surface area contributed by atoms with Crippen molar-refractivity contribution in [1.29, 1.82) is 0 Å². The Morgan fingerprint density at radius 1 is 1.14 bits per heavy atom. The average molecular weight is 597 g/mol. The van der Waals surface area contributed by atoms with Gasteiger partial charge in [0.1, 0.15) is 18.1 Å². The molecule has 3 heterocycles. The normalized spacial score (nSPS) is 15.8. The Hall–Kier alpha value is -2.95. The lowest BCUT2D eigenvalue weighted by Crippen LogP contribution is -2.53. The van der Waals surface area contributed by atoms with Gasteiger partial charge in [0.25, 0.3) is 0 Å². The lowest BCUT2D eigenvalue weighted by Gasteiger charge is -2.41. The number of aromatic nitrogens is 3. The molecule has 42 heavy (non-hydrogen) atoms. The van der Waals surface area contributed by atoms with Crippen LogP contribution in [0.3, 0.4) is 0 Å². The molecule has 2 aromatic heterocycles. The molecule has 0 radical (unpaired) electrons. The molecule has 0 saturated carbocycles. The number of carbonyl (C=O) groups excluding carboxylic acids is 1. The minimum absolute atomic E-state index is 0.0537. The number of ether oxygens (including phenoxy) is 4. The lowest BCUT2D eigenvalue weighted by molar-refractivity contribution is -0.00560. The fourth-order valence-electron chi connectivity index (χ4n) is 5.24. The van der Waals surface area contributed by atoms with Crippen molar-refractivity contribution in [2.24, 2.45) is 0 Å². The second kappa shape index (κ2) is 13.1. The quantitative estimate of drug-likeness (QED) is 0.126. The number of carbonyl (C=O) groups is 1. The van der Waals surface area contributed by atoms with Crippen LogP contribution in [0.5, 0.6) is 5.75 Å². The Bertz CT molecular complexity index is 1380. The molecule has 0 spiro atoms. The van der Waals surface area contributed by atoms with Crippen molar-refractivity contribution < 1.29 is 23.7 Å². The van der Waals surface area contributed by atoms with E-state index < -0.39 is 13.7 Å². The Morgan fingerprint density at radius 2 is 1.88 bits per heavy atom. The smallest absolute Gasteiger partial charge is 0.410 e. The van der Waals surface area contributed by atoms with Gasteiger partial charge in [0, 0.05) is 57.4 Å². The molecule has 1 amide bonds. The maximum absolute atomic E-state index is 13.0. The van der Waals surface area contributed by atoms with Crippen LogP contribution in [-0.4, -0.2) is 72.5 Å². The number of amides is 1. The van der Waals surface area contributed by atoms with Crippen LogP contribution >= 0.6 is 0 Å². The molecule has 9 nitrogen and oxygen atoms in total. The summed E-state index contributed by atoms with van der Waals surface area (Å²) in [7, 11) is 0.362. The highest BCUT2D eigenvalue weighted by molar-refractivity contribution is 6.76. The van der Waals surface area contributed by atoms with Gasteiger partial charge in [-0.15, -0.1) is 10.2 Å². The van der Waals surface area contributed by atoms with Crippen molar-refractivity contribution in [3.63, 3.8) is 0 Å². The minimum Gasteiger partial charge on any atom is -0.467 e. The van der Waals surface area contributed by atoms with Crippen molar-refractivity contribution in [2.75, 3.05) is 27.1 Å². The zero-order valence-corrected chi connectivity index (χ0v) is 27.8. The van der Waals surface area contributed by atoms with Gasteiger partial charge in [-0.25, -0.2) is 4.79 Å². The van der Waals surface area contributed by atoms with E-state index in [-0.39, 0.29) is 24.8 Å². The van der Waals surface area contributed by atoms with Crippen molar-refractivity contribution in [3.05, 3.63) is 41.6 Å². The van der Waals surface area contributed by atoms with Gasteiger partial charge in [-0.3, -0.25) is 0 Å². The molecule has 0 aliphatic carbocycles. The van der Waals surface area contributed by atoms with Crippen LogP contribution in [-0.2, 0) is 27.4 Å². The monoisotopic (exact) mass is 596 g/mol. The fraction of sp³-hybridized carbons (Fsp3) is 0.594. The van der Waals surface area contributed by atoms with Crippen molar-refractivity contribution in [3.8, 4) is 17.0 Å². The molecule has 1 aromatic carbocycles. The molecule has 0 N–H and O–H groups in total. The van der Waals surface area contributed by atoms with E-state index in [4.69, 9.17) is 24.0 Å². The van der Waals surface area contributed by atoms with Crippen molar-refractivity contribution >= 4 is 25.2 Å². The Balaban J connectivity index is 1.75. The second-order valence-corrected chi connectivity index (χ2v) is 19.2. The fourth-order valence-corrected chi connectivity index (χ4v) is 6.00. The summed E-state index contributed by atoms with van der Waals surface area (Å²) in [5.41, 5.74) is 4.20. The first-order valence-corrected chi connectivity index (χ1v) is 18.7. The number of rotatable bonds is 12. The van der Waals surface area contributed by atoms with Gasteiger partial charge in [-0.2, -0.15) is 0 Å². The van der Waals surface area contributed by atoms with Gasteiger partial charge in [0.05, 0.1) is 5.69 Å². The van der Waals surface area contributed by atoms with Crippen molar-refractivity contribution in [2.45, 2.75) is 97.4 Å². The summed E-state index contributed by atoms with van der Waals surface area (Å²) >= 11 is 0. The number of fused-ring (bicyclic) bond motifs is 1. The molecule has 1 aliphatic rings. The standard InChI is InChI=1S/C32H48N4O5Si/c1-22(2)29-25-19-26(24-12-10-11-13-28(24)40-21-38-6)33-34-30(25)36(20-39-16-17-42(7,8)9)27(29)18-23-14-15-35(23)31(37)41-32(3,4)5/h10-13,19,22-23H,14-18,20-21H2,1-9H3. The van der Waals surface area contributed by atoms with E-state index in [2.05, 4.69) is 49.2 Å². The number of methoxy groups -OCH3 is 1. The third kappa shape index (κ3) is 7.70. The van der Waals surface area contributed by atoms with E-state index in [1.165, 1.54) is 5.56 Å². The first-order chi connectivity index (χ1) is 19.8. The Kier molecular flexibility index (Phi) is 10.0. The number of benzene rings is 1. The average Bonchev–Trinajstić information content (AvgIpc) is 3.18. The number of para-hydroxylation sites is 1. The molecule has 1 aliphatic heterocycles. The first kappa shape index (κ1) is 32.0. The lowest BCUT2D eigenvalue weighted by atomic mass is 9.92. The third-order valence-corrected chi connectivity index (χ3v) is 9.15. The highest BCUT2D eigenvalue weighted by Crippen LogP contribution is 2.37. The van der Waals surface area contributed by atoms with Gasteiger partial charge in [0.2, 0.25) is 0 Å². The van der Waals surface area contributed by atoms with Gasteiger partial charge >= 0.3 is 6.09 Å². The topological polar surface area (TPSA) is 87.9 Å². The van der Waals surface area contributed by atoms with Crippen LogP contribution in [0.2, 0.25) is 25.7 Å². The van der Waals surface area contributed by atoms with Gasteiger partial charge < -0.3 is 28.4 Å². The van der Waals surface area contributed by atoms with Gasteiger partial charge in [-0.1, -0.05) is 45.6 Å². The highest BCUT2D eigenvalue weighted by Gasteiger charge is 2.37. The minimum atomic E-state index is -1.24. The maximum Gasteiger partial charge on any atom is 0.410 e. The summed E-state index contributed by atoms with van der Waals surface area (Å²) in [6, 6.07) is 11.0. The van der Waals surface area contributed by atoms with Crippen molar-refractivity contribution in [1.82, 2.24) is 19.7 Å². The molecule has 230 valence electrons. The summed E-state index contributed by atoms with van der Waals surface area (Å²) in [5.74, 6) is 0.911. The molecule has 4 rings (SSSR count). The van der Waals surface area contributed by atoms with Crippen LogP contribution in [0.25, 0.3) is 22.3 Å². The zero-order valence-electron chi connectivity index (χ0n) is 26.8. The van der Waals surface area contributed by atoms with E-state index >= 15 is 0 Å². The maximum atomic E-state index is 13.0. The molecular weight excluding hydrogens is 548 g/mol. The SMILES string of the molecule is COCOc1ccccc1-c1cc2c(C(C)C)c(CC3CCN3C(=O)OC(C)(C)C)n(COCC[Si](C)(C)C)c2nn1. The Morgan fingerprint density at radius 3 is 2.50 bits per heavy atom. The summed E-state index contributed by atoms with van der Waals surface area (Å²) < 4.78 is 25.1. The van der Waals surface area contributed by atoms with E-state index in [9.17, 15) is 4.79 Å². The largest absolute Gasteiger partial charge is 0.467 e. The van der Waals surface area contributed by atoms with Crippen LogP contribution in [0, 0.1) is 0 Å². The number of hydrogen-bond donors (Lipinski definition) is 0. The molecule has 1 fully saturated rings. The van der Waals surface area contributed by atoms with E-state index in [1.807, 2.05) is 49.9 Å². The van der Waals surface area contributed by atoms with Crippen LogP contribution in [0.15, 0.2) is 30.3 Å². The number of hydrogen-bond acceptors (Lipinski definition) is 7. The molecule has 3 aromatic rings. The summed E-state index contributed by atoms with van der Waals surface area (Å²) in [4.78, 5) is 14.8. The molecular formula is C32H48N4O5Si. The van der Waals surface area contributed by atoms with E-state index in [1.54, 1.807) is 7.11 Å². The molecule has 10 heteroatoms. The second-order valence-electron chi connectivity index (χ2n) is 13.6. The first-order valence-electron chi connectivity index (χ1n) is 15.0. The summed E-state index contributed by atoms with van der Waals surface area (Å²) in [6.45, 7) is 19.1. The third-order valence-electron chi connectivity index (χ3n) is 7.45. The van der Waals surface area contributed by atoms with E-state index in [0.29, 0.717) is 32.1 Å². The van der Waals surface area contributed by atoms with Gasteiger partial charge in [-0.05, 0) is 62.9 Å². The zero-order chi connectivity index (χ0) is 30.7. The highest BCUT2D eigenvalue weighted by atomic mass is 28.3. The predicted octanol–water partition coefficient (Wildman–Crippen LogP) is 7.07. The molecule has 0 bridgehead atoms. The molecule has 1 unspecified atom stereocenters. The van der Waals surface area contributed by atoms with Crippen LogP contribution in [0.4, 0.5) is 4.79 Å². The predicted molar refractivity (Wildman–Crippen MR) is 169 cm³/mol. The number of likely N-dealkylation sites (tertiary alicyclic amines) is 1. The number of nitrogens with zero attached hydrogens (tertiary/aromatic N) is 4. The summed E-state index contributed by atoms with van der Waals surface area (Å²) in [6.07, 6.45) is 1.37. The van der Waals surface area contributed by atoms with Crippen LogP contribution in [0.1, 0.15) is 58.2 Å². The molecule has 1 atom stereocenters. The Labute approximate surface area is 251 Å². The van der Waals surface area contributed by atoms with Gasteiger partial charge in [0.15, 0.2) is 12.4 Å². The van der Waals surface area contributed by atoms with E-state index in [0.717, 1.165) is 40.4 Å². The molecule has 1 saturated heterocycles.